The molecule has 0 radical (unpaired) electrons. The minimum Gasteiger partial charge on any atom is -0.390 e. The molecule has 1 aliphatic carbocycles. The maximum atomic E-state index is 12.2. The third kappa shape index (κ3) is 4.69. The summed E-state index contributed by atoms with van der Waals surface area (Å²) in [7, 11) is 1.77. The van der Waals surface area contributed by atoms with Gasteiger partial charge in [0.2, 0.25) is 5.91 Å². The molecular weight excluding hydrogens is 396 g/mol. The number of pyridine rings is 1. The zero-order valence-corrected chi connectivity index (χ0v) is 17.4. The Hall–Kier alpha value is -3.40. The van der Waals surface area contributed by atoms with Gasteiger partial charge in [-0.25, -0.2) is 15.0 Å². The van der Waals surface area contributed by atoms with Gasteiger partial charge in [0.05, 0.1) is 30.9 Å². The molecule has 2 aromatic heterocycles. The summed E-state index contributed by atoms with van der Waals surface area (Å²) in [6.07, 6.45) is 8.88. The molecule has 1 aliphatic heterocycles. The van der Waals surface area contributed by atoms with Crippen LogP contribution in [0.25, 0.3) is 11.3 Å². The number of fused-ring (bicyclic) bond motifs is 1. The van der Waals surface area contributed by atoms with Gasteiger partial charge in [0, 0.05) is 25.4 Å². The number of nitrogens with one attached hydrogen (secondary N) is 2. The summed E-state index contributed by atoms with van der Waals surface area (Å²) < 4.78 is 5.47. The maximum absolute atomic E-state index is 12.2. The summed E-state index contributed by atoms with van der Waals surface area (Å²) in [5, 5.41) is 10.6. The largest absolute Gasteiger partial charge is 0.390 e. The zero-order chi connectivity index (χ0) is 21.8. The molecule has 0 unspecified atom stereocenters. The Labute approximate surface area is 180 Å². The molecular formula is C21H26N8O2. The number of carbonyl (C=O) groups is 1. The van der Waals surface area contributed by atoms with Gasteiger partial charge in [0.1, 0.15) is 5.69 Å². The first-order valence-corrected chi connectivity index (χ1v) is 10.3. The third-order valence-corrected chi connectivity index (χ3v) is 5.76. The average molecular weight is 422 g/mol. The van der Waals surface area contributed by atoms with Gasteiger partial charge in [-0.1, -0.05) is 0 Å². The van der Waals surface area contributed by atoms with Crippen molar-refractivity contribution in [3.63, 3.8) is 0 Å². The summed E-state index contributed by atoms with van der Waals surface area (Å²) >= 11 is 0. The first-order valence-electron chi connectivity index (χ1n) is 10.3. The van der Waals surface area contributed by atoms with Crippen LogP contribution in [0, 0.1) is 11.3 Å². The van der Waals surface area contributed by atoms with Crippen LogP contribution in [-0.4, -0.2) is 59.3 Å². The molecule has 10 heteroatoms. The van der Waals surface area contributed by atoms with Crippen molar-refractivity contribution in [3.05, 3.63) is 30.2 Å². The van der Waals surface area contributed by atoms with Crippen LogP contribution in [0.5, 0.6) is 0 Å². The molecule has 3 heterocycles. The molecule has 0 bridgehead atoms. The van der Waals surface area contributed by atoms with Gasteiger partial charge in [0.25, 0.3) is 0 Å². The van der Waals surface area contributed by atoms with E-state index in [0.29, 0.717) is 35.0 Å². The van der Waals surface area contributed by atoms with Crippen LogP contribution in [0.2, 0.25) is 0 Å². The molecule has 4 rings (SSSR count). The second-order valence-corrected chi connectivity index (χ2v) is 7.79. The van der Waals surface area contributed by atoms with Crippen LogP contribution in [0.1, 0.15) is 31.4 Å². The fourth-order valence-corrected chi connectivity index (χ4v) is 4.09. The molecule has 0 aromatic carbocycles. The highest BCUT2D eigenvalue weighted by molar-refractivity contribution is 6.00. The van der Waals surface area contributed by atoms with E-state index in [4.69, 9.17) is 20.9 Å². The second-order valence-electron chi connectivity index (χ2n) is 7.79. The summed E-state index contributed by atoms with van der Waals surface area (Å²) in [5.74, 6) is 1.56. The summed E-state index contributed by atoms with van der Waals surface area (Å²) in [4.78, 5) is 31.4. The first-order chi connectivity index (χ1) is 15.1. The minimum absolute atomic E-state index is 0.0114. The smallest absolute Gasteiger partial charge is 0.245 e. The standard InChI is InChI=1S/C21H26N8O2/c1-31-15-5-2-13(3-6-15)10-29-11-18(30)28-20-21(29)27-17(9-25-20)14-4-7-16(24-8-14)19(23)26-12-22/h4,7-9,12-13,15H,2-3,5-6,10-11H2,1H3,(H3,22,23,26)(H,25,28,30)/t13-,15+. The number of nitrogens with zero attached hydrogens (tertiary/aromatic N) is 5. The van der Waals surface area contributed by atoms with E-state index in [1.165, 1.54) is 0 Å². The highest BCUT2D eigenvalue weighted by Gasteiger charge is 2.29. The lowest BCUT2D eigenvalue weighted by Gasteiger charge is -2.35. The number of nitrogens with two attached hydrogens (primary N) is 1. The summed E-state index contributed by atoms with van der Waals surface area (Å²) in [5.41, 5.74) is 7.06. The van der Waals surface area contributed by atoms with E-state index in [-0.39, 0.29) is 18.3 Å². The summed E-state index contributed by atoms with van der Waals surface area (Å²) in [6, 6.07) is 3.51. The average Bonchev–Trinajstić information content (AvgIpc) is 2.79. The fraction of sp³-hybridized carbons (Fsp3) is 0.429. The monoisotopic (exact) mass is 422 g/mol. The molecule has 0 saturated heterocycles. The molecule has 0 spiro atoms. The van der Waals surface area contributed by atoms with E-state index in [0.717, 1.165) is 44.1 Å². The van der Waals surface area contributed by atoms with Crippen molar-refractivity contribution in [2.75, 3.05) is 30.4 Å². The number of aliphatic imine (C=N–C) groups is 1. The highest BCUT2D eigenvalue weighted by Crippen LogP contribution is 2.32. The number of rotatable bonds is 5. The predicted molar refractivity (Wildman–Crippen MR) is 118 cm³/mol. The van der Waals surface area contributed by atoms with Gasteiger partial charge in [0.15, 0.2) is 17.5 Å². The maximum Gasteiger partial charge on any atom is 0.245 e. The van der Waals surface area contributed by atoms with Crippen LogP contribution in [-0.2, 0) is 9.53 Å². The lowest BCUT2D eigenvalue weighted by Crippen LogP contribution is -2.42. The Morgan fingerprint density at radius 3 is 2.81 bits per heavy atom. The SMILES string of the molecule is CO[C@H]1CC[C@@H](CN2CC(=O)Nc3ncc(-c4ccc(C(=N)/N=C\N)nc4)nc32)CC1. The Morgan fingerprint density at radius 1 is 1.32 bits per heavy atom. The Balaban J connectivity index is 1.55. The van der Waals surface area contributed by atoms with Crippen molar-refractivity contribution in [1.29, 1.82) is 5.41 Å². The number of anilines is 2. The van der Waals surface area contributed by atoms with Crippen molar-refractivity contribution in [2.45, 2.75) is 31.8 Å². The van der Waals surface area contributed by atoms with E-state index in [2.05, 4.69) is 20.3 Å². The van der Waals surface area contributed by atoms with Crippen LogP contribution in [0.3, 0.4) is 0 Å². The van der Waals surface area contributed by atoms with Gasteiger partial charge >= 0.3 is 0 Å². The van der Waals surface area contributed by atoms with Gasteiger partial charge in [-0.05, 0) is 43.7 Å². The zero-order valence-electron chi connectivity index (χ0n) is 17.4. The molecule has 1 saturated carbocycles. The van der Waals surface area contributed by atoms with E-state index in [1.54, 1.807) is 25.6 Å². The first kappa shape index (κ1) is 20.9. The van der Waals surface area contributed by atoms with Crippen molar-refractivity contribution in [2.24, 2.45) is 16.6 Å². The molecule has 1 fully saturated rings. The number of aromatic nitrogens is 3. The Morgan fingerprint density at radius 2 is 2.13 bits per heavy atom. The predicted octanol–water partition coefficient (Wildman–Crippen LogP) is 1.81. The highest BCUT2D eigenvalue weighted by atomic mass is 16.5. The van der Waals surface area contributed by atoms with Crippen molar-refractivity contribution in [3.8, 4) is 11.3 Å². The second kappa shape index (κ2) is 9.17. The number of methoxy groups -OCH3 is 1. The molecule has 2 aromatic rings. The number of amidine groups is 1. The van der Waals surface area contributed by atoms with E-state index >= 15 is 0 Å². The van der Waals surface area contributed by atoms with Crippen LogP contribution in [0.4, 0.5) is 11.6 Å². The molecule has 10 nitrogen and oxygen atoms in total. The fourth-order valence-electron chi connectivity index (χ4n) is 4.09. The molecule has 4 N–H and O–H groups in total. The third-order valence-electron chi connectivity index (χ3n) is 5.76. The van der Waals surface area contributed by atoms with Gasteiger partial charge < -0.3 is 20.7 Å². The van der Waals surface area contributed by atoms with Gasteiger partial charge in [-0.2, -0.15) is 0 Å². The van der Waals surface area contributed by atoms with E-state index in [9.17, 15) is 4.79 Å². The minimum atomic E-state index is -0.0786. The van der Waals surface area contributed by atoms with Crippen molar-refractivity contribution < 1.29 is 9.53 Å². The van der Waals surface area contributed by atoms with Crippen LogP contribution < -0.4 is 16.0 Å². The van der Waals surface area contributed by atoms with Gasteiger partial charge in [-0.15, -0.1) is 0 Å². The number of ether oxygens (including phenoxy) is 1. The lowest BCUT2D eigenvalue weighted by molar-refractivity contribution is -0.115. The van der Waals surface area contributed by atoms with Crippen LogP contribution in [0.15, 0.2) is 29.5 Å². The molecule has 0 atom stereocenters. The number of carbonyl (C=O) groups excluding carboxylic acids is 1. The molecule has 31 heavy (non-hydrogen) atoms. The number of amides is 1. The molecule has 162 valence electrons. The van der Waals surface area contributed by atoms with E-state index in [1.807, 2.05) is 11.0 Å². The Bertz CT molecular complexity index is 983. The van der Waals surface area contributed by atoms with Crippen molar-refractivity contribution >= 4 is 29.7 Å². The summed E-state index contributed by atoms with van der Waals surface area (Å²) in [6.45, 7) is 1.03. The van der Waals surface area contributed by atoms with Gasteiger partial charge in [-0.3, -0.25) is 15.2 Å². The van der Waals surface area contributed by atoms with Crippen LogP contribution >= 0.6 is 0 Å². The molecule has 1 amide bonds. The number of hydrogen-bond acceptors (Lipinski definition) is 7. The van der Waals surface area contributed by atoms with E-state index < -0.39 is 0 Å². The Kier molecular flexibility index (Phi) is 6.17. The quantitative estimate of drug-likeness (QED) is 0.492. The van der Waals surface area contributed by atoms with Crippen molar-refractivity contribution in [1.82, 2.24) is 15.0 Å². The normalized spacial score (nSPS) is 21.1. The molecule has 2 aliphatic rings. The number of hydrogen-bond donors (Lipinski definition) is 3. The topological polar surface area (TPSA) is 142 Å². The lowest BCUT2D eigenvalue weighted by atomic mass is 9.87.